The molecule has 4 heteroatoms. The Bertz CT molecular complexity index is 1470. The van der Waals surface area contributed by atoms with Gasteiger partial charge in [0, 0.05) is 34.6 Å². The van der Waals surface area contributed by atoms with Crippen LogP contribution in [0.3, 0.4) is 0 Å². The summed E-state index contributed by atoms with van der Waals surface area (Å²) in [6.07, 6.45) is 5.70. The van der Waals surface area contributed by atoms with Gasteiger partial charge in [-0.1, -0.05) is 75.4 Å². The average Bonchev–Trinajstić information content (AvgIpc) is 3.24. The summed E-state index contributed by atoms with van der Waals surface area (Å²) in [7, 11) is 0. The van der Waals surface area contributed by atoms with Crippen LogP contribution in [0, 0.1) is 19.3 Å². The van der Waals surface area contributed by atoms with Gasteiger partial charge in [-0.15, -0.1) is 6.58 Å². The molecule has 4 aromatic rings. The molecule has 4 nitrogen and oxygen atoms in total. The van der Waals surface area contributed by atoms with E-state index in [1.165, 1.54) is 33.5 Å². The number of para-hydroxylation sites is 1. The first-order valence-corrected chi connectivity index (χ1v) is 12.6. The zero-order chi connectivity index (χ0) is 25.2. The zero-order valence-electron chi connectivity index (χ0n) is 21.7. The lowest BCUT2D eigenvalue weighted by Crippen LogP contribution is -2.60. The Balaban J connectivity index is 1.61. The van der Waals surface area contributed by atoms with Crippen molar-refractivity contribution >= 4 is 23.0 Å². The van der Waals surface area contributed by atoms with Gasteiger partial charge in [0.05, 0.1) is 0 Å². The van der Waals surface area contributed by atoms with Crippen LogP contribution in [-0.2, 0) is 5.41 Å². The lowest BCUT2D eigenvalue weighted by Gasteiger charge is -2.56. The molecule has 0 saturated carbocycles. The number of hydrogen-bond acceptors (Lipinski definition) is 4. The van der Waals surface area contributed by atoms with E-state index in [0.717, 1.165) is 17.3 Å². The molecule has 3 heterocycles. The molecule has 0 N–H and O–H groups in total. The molecule has 2 aliphatic rings. The minimum Gasteiger partial charge on any atom is -0.301 e. The van der Waals surface area contributed by atoms with Crippen molar-refractivity contribution in [3.63, 3.8) is 0 Å². The normalized spacial score (nSPS) is 21.5. The molecule has 0 fully saturated rings. The maximum Gasteiger partial charge on any atom is 0.178 e. The number of rotatable bonds is 3. The SMILES string of the molecule is C=CC1(C)c2ccccc2N2c3nccnc3N(c3cc(C)c(-c4ccccc4)c(C)c3)C2C1(C)C. The van der Waals surface area contributed by atoms with Gasteiger partial charge in [-0.3, -0.25) is 0 Å². The van der Waals surface area contributed by atoms with Crippen LogP contribution >= 0.6 is 0 Å². The molecule has 0 aliphatic carbocycles. The minimum absolute atomic E-state index is 0.0193. The van der Waals surface area contributed by atoms with Crippen LogP contribution in [0.25, 0.3) is 11.1 Å². The van der Waals surface area contributed by atoms with Crippen molar-refractivity contribution in [3.8, 4) is 11.1 Å². The summed E-state index contributed by atoms with van der Waals surface area (Å²) in [5.74, 6) is 1.79. The Hall–Kier alpha value is -3.92. The van der Waals surface area contributed by atoms with E-state index in [-0.39, 0.29) is 17.0 Å². The van der Waals surface area contributed by atoms with Crippen molar-refractivity contribution in [2.75, 3.05) is 9.80 Å². The van der Waals surface area contributed by atoms with Crippen LogP contribution in [0.15, 0.2) is 91.8 Å². The Morgan fingerprint density at radius 1 is 0.806 bits per heavy atom. The van der Waals surface area contributed by atoms with Gasteiger partial charge in [0.15, 0.2) is 11.6 Å². The Labute approximate surface area is 214 Å². The fourth-order valence-corrected chi connectivity index (χ4v) is 6.42. The molecule has 180 valence electrons. The summed E-state index contributed by atoms with van der Waals surface area (Å²) < 4.78 is 0. The zero-order valence-corrected chi connectivity index (χ0v) is 21.7. The van der Waals surface area contributed by atoms with E-state index in [2.05, 4.69) is 124 Å². The topological polar surface area (TPSA) is 32.3 Å². The largest absolute Gasteiger partial charge is 0.301 e. The number of aromatic nitrogens is 2. The second-order valence-corrected chi connectivity index (χ2v) is 10.8. The van der Waals surface area contributed by atoms with Gasteiger partial charge in [0.2, 0.25) is 0 Å². The Morgan fingerprint density at radius 3 is 2.03 bits per heavy atom. The standard InChI is InChI=1S/C32H32N4/c1-7-32(6)25-15-11-12-16-26(25)36-29-28(33-17-18-34-29)35(30(36)31(32,4)5)24-19-21(2)27(22(3)20-24)23-13-9-8-10-14-23/h7-20,30H,1H2,2-6H3. The fourth-order valence-electron chi connectivity index (χ4n) is 6.42. The van der Waals surface area contributed by atoms with Crippen molar-refractivity contribution in [2.24, 2.45) is 5.41 Å². The predicted octanol–water partition coefficient (Wildman–Crippen LogP) is 7.86. The second-order valence-electron chi connectivity index (χ2n) is 10.8. The first-order valence-electron chi connectivity index (χ1n) is 12.6. The molecule has 2 atom stereocenters. The third-order valence-electron chi connectivity index (χ3n) is 8.58. The summed E-state index contributed by atoms with van der Waals surface area (Å²) in [6.45, 7) is 15.7. The molecule has 0 bridgehead atoms. The molecule has 2 aliphatic heterocycles. The van der Waals surface area contributed by atoms with Crippen LogP contribution in [0.4, 0.5) is 23.0 Å². The summed E-state index contributed by atoms with van der Waals surface area (Å²) in [5.41, 5.74) is 8.14. The lowest BCUT2D eigenvalue weighted by atomic mass is 9.58. The van der Waals surface area contributed by atoms with Crippen molar-refractivity contribution in [2.45, 2.75) is 46.2 Å². The first kappa shape index (κ1) is 22.5. The molecule has 0 saturated heterocycles. The summed E-state index contributed by atoms with van der Waals surface area (Å²) in [5, 5.41) is 0. The number of benzene rings is 3. The van der Waals surface area contributed by atoms with Gasteiger partial charge in [0.1, 0.15) is 6.17 Å². The van der Waals surface area contributed by atoms with E-state index in [4.69, 9.17) is 9.97 Å². The molecule has 3 aromatic carbocycles. The maximum atomic E-state index is 4.89. The van der Waals surface area contributed by atoms with Crippen LogP contribution in [0.5, 0.6) is 0 Å². The van der Waals surface area contributed by atoms with Crippen molar-refractivity contribution < 1.29 is 0 Å². The number of fused-ring (bicyclic) bond motifs is 5. The highest BCUT2D eigenvalue weighted by atomic mass is 15.5. The molecule has 0 radical (unpaired) electrons. The summed E-state index contributed by atoms with van der Waals surface area (Å²) >= 11 is 0. The van der Waals surface area contributed by atoms with Crippen LogP contribution in [0.2, 0.25) is 0 Å². The van der Waals surface area contributed by atoms with E-state index in [1.54, 1.807) is 12.4 Å². The molecular weight excluding hydrogens is 440 g/mol. The van der Waals surface area contributed by atoms with Crippen LogP contribution in [0.1, 0.15) is 37.5 Å². The van der Waals surface area contributed by atoms with E-state index in [1.807, 2.05) is 0 Å². The molecule has 36 heavy (non-hydrogen) atoms. The Morgan fingerprint density at radius 2 is 1.39 bits per heavy atom. The predicted molar refractivity (Wildman–Crippen MR) is 149 cm³/mol. The highest BCUT2D eigenvalue weighted by molar-refractivity contribution is 5.88. The number of nitrogens with zero attached hydrogens (tertiary/aromatic N) is 4. The monoisotopic (exact) mass is 472 g/mol. The highest BCUT2D eigenvalue weighted by Gasteiger charge is 2.59. The number of aryl methyl sites for hydroxylation is 2. The van der Waals surface area contributed by atoms with Crippen LogP contribution in [-0.4, -0.2) is 16.1 Å². The van der Waals surface area contributed by atoms with Crippen molar-refractivity contribution in [1.82, 2.24) is 9.97 Å². The Kier molecular flexibility index (Phi) is 4.88. The number of anilines is 4. The molecule has 1 aromatic heterocycles. The van der Waals surface area contributed by atoms with Gasteiger partial charge in [-0.05, 0) is 59.9 Å². The first-order chi connectivity index (χ1) is 17.3. The quantitative estimate of drug-likeness (QED) is 0.284. The molecule has 6 rings (SSSR count). The summed E-state index contributed by atoms with van der Waals surface area (Å²) in [6, 6.07) is 23.9. The number of hydrogen-bond donors (Lipinski definition) is 0. The van der Waals surface area contributed by atoms with Crippen LogP contribution < -0.4 is 9.80 Å². The third-order valence-corrected chi connectivity index (χ3v) is 8.58. The van der Waals surface area contributed by atoms with E-state index >= 15 is 0 Å². The molecule has 0 amide bonds. The summed E-state index contributed by atoms with van der Waals surface area (Å²) in [4.78, 5) is 14.5. The lowest BCUT2D eigenvalue weighted by molar-refractivity contribution is 0.171. The van der Waals surface area contributed by atoms with Crippen molar-refractivity contribution in [3.05, 3.63) is 108 Å². The second kappa shape index (κ2) is 7.79. The van der Waals surface area contributed by atoms with E-state index in [0.29, 0.717) is 0 Å². The van der Waals surface area contributed by atoms with E-state index in [9.17, 15) is 0 Å². The van der Waals surface area contributed by atoms with Gasteiger partial charge in [0.25, 0.3) is 0 Å². The van der Waals surface area contributed by atoms with Gasteiger partial charge in [-0.25, -0.2) is 9.97 Å². The minimum atomic E-state index is -0.251. The smallest absolute Gasteiger partial charge is 0.178 e. The maximum absolute atomic E-state index is 4.89. The molecule has 0 spiro atoms. The third kappa shape index (κ3) is 2.87. The molecular formula is C32H32N4. The fraction of sp³-hybridized carbons (Fsp3) is 0.250. The molecule has 2 unspecified atom stereocenters. The van der Waals surface area contributed by atoms with E-state index < -0.39 is 0 Å². The average molecular weight is 473 g/mol. The highest BCUT2D eigenvalue weighted by Crippen LogP contribution is 2.61. The van der Waals surface area contributed by atoms with Gasteiger partial charge in [-0.2, -0.15) is 0 Å². The van der Waals surface area contributed by atoms with Gasteiger partial charge >= 0.3 is 0 Å². The van der Waals surface area contributed by atoms with Gasteiger partial charge < -0.3 is 9.80 Å². The van der Waals surface area contributed by atoms with Crippen molar-refractivity contribution in [1.29, 1.82) is 0 Å². The number of allylic oxidation sites excluding steroid dienone is 1.